The van der Waals surface area contributed by atoms with Crippen molar-refractivity contribution in [3.63, 3.8) is 0 Å². The maximum Gasteiger partial charge on any atom is 0.410 e. The molecule has 0 aromatic heterocycles. The molecule has 0 aromatic rings. The first-order valence-corrected chi connectivity index (χ1v) is 6.10. The summed E-state index contributed by atoms with van der Waals surface area (Å²) in [6, 6.07) is 0. The molecule has 6 nitrogen and oxygen atoms in total. The lowest BCUT2D eigenvalue weighted by molar-refractivity contribution is -0.139. The highest BCUT2D eigenvalue weighted by molar-refractivity contribution is 5.70. The van der Waals surface area contributed by atoms with Crippen molar-refractivity contribution < 1.29 is 19.4 Å². The summed E-state index contributed by atoms with van der Waals surface area (Å²) in [6.07, 6.45) is 0.746. The van der Waals surface area contributed by atoms with Gasteiger partial charge in [0.05, 0.1) is 6.42 Å². The Morgan fingerprint density at radius 2 is 2.06 bits per heavy atom. The quantitative estimate of drug-likeness (QED) is 0.776. The number of nitrogens with two attached hydrogens (primary N) is 1. The van der Waals surface area contributed by atoms with Crippen molar-refractivity contribution in [3.05, 3.63) is 0 Å². The number of carbonyl (C=O) groups excluding carboxylic acids is 1. The Balaban J connectivity index is 2.63. The van der Waals surface area contributed by atoms with E-state index in [1.54, 1.807) is 20.8 Å². The lowest BCUT2D eigenvalue weighted by Crippen LogP contribution is -2.57. The number of carboxylic acids is 1. The molecule has 1 rings (SSSR count). The van der Waals surface area contributed by atoms with Gasteiger partial charge < -0.3 is 20.5 Å². The molecule has 1 fully saturated rings. The Bertz CT molecular complexity index is 337. The van der Waals surface area contributed by atoms with E-state index in [9.17, 15) is 9.59 Å². The average molecular weight is 258 g/mol. The molecule has 1 amide bonds. The zero-order chi connectivity index (χ0) is 14.0. The number of rotatable bonds is 2. The number of likely N-dealkylation sites (tertiary alicyclic amines) is 1. The summed E-state index contributed by atoms with van der Waals surface area (Å²) >= 11 is 0. The SMILES string of the molecule is CC(C)(C)OC(=O)N1CCCC(N)(CC(=O)O)C1. The molecule has 18 heavy (non-hydrogen) atoms. The topological polar surface area (TPSA) is 92.9 Å². The molecule has 6 heteroatoms. The number of aliphatic carboxylic acids is 1. The maximum atomic E-state index is 11.9. The number of ether oxygens (including phenoxy) is 1. The van der Waals surface area contributed by atoms with Crippen LogP contribution in [0.4, 0.5) is 4.79 Å². The molecule has 0 bridgehead atoms. The van der Waals surface area contributed by atoms with Crippen LogP contribution < -0.4 is 5.73 Å². The number of carboxylic acid groups (broad SMARTS) is 1. The summed E-state index contributed by atoms with van der Waals surface area (Å²) in [7, 11) is 0. The maximum absolute atomic E-state index is 11.9. The Kier molecular flexibility index (Phi) is 4.21. The normalized spacial score (nSPS) is 24.8. The predicted molar refractivity (Wildman–Crippen MR) is 66.2 cm³/mol. The lowest BCUT2D eigenvalue weighted by Gasteiger charge is -2.39. The fraction of sp³-hybridized carbons (Fsp3) is 0.833. The van der Waals surface area contributed by atoms with Crippen molar-refractivity contribution in [2.24, 2.45) is 5.73 Å². The van der Waals surface area contributed by atoms with Crippen LogP contribution in [0.25, 0.3) is 0 Å². The number of amides is 1. The van der Waals surface area contributed by atoms with E-state index in [4.69, 9.17) is 15.6 Å². The summed E-state index contributed by atoms with van der Waals surface area (Å²) < 4.78 is 5.26. The van der Waals surface area contributed by atoms with Gasteiger partial charge in [-0.25, -0.2) is 4.79 Å². The smallest absolute Gasteiger partial charge is 0.410 e. The predicted octanol–water partition coefficient (Wildman–Crippen LogP) is 1.19. The van der Waals surface area contributed by atoms with Gasteiger partial charge in [-0.05, 0) is 33.6 Å². The van der Waals surface area contributed by atoms with Crippen LogP contribution in [-0.2, 0) is 9.53 Å². The number of piperidine rings is 1. The largest absolute Gasteiger partial charge is 0.481 e. The van der Waals surface area contributed by atoms with E-state index < -0.39 is 23.2 Å². The van der Waals surface area contributed by atoms with Crippen molar-refractivity contribution in [1.82, 2.24) is 4.90 Å². The first-order valence-electron chi connectivity index (χ1n) is 6.10. The molecule has 1 saturated heterocycles. The molecule has 104 valence electrons. The van der Waals surface area contributed by atoms with E-state index in [2.05, 4.69) is 0 Å². The van der Waals surface area contributed by atoms with Gasteiger partial charge in [-0.2, -0.15) is 0 Å². The molecule has 0 aliphatic carbocycles. The van der Waals surface area contributed by atoms with Crippen LogP contribution in [0.1, 0.15) is 40.0 Å². The molecule has 1 unspecified atom stereocenters. The van der Waals surface area contributed by atoms with Gasteiger partial charge in [0.15, 0.2) is 0 Å². The van der Waals surface area contributed by atoms with Crippen LogP contribution in [0.5, 0.6) is 0 Å². The second kappa shape index (κ2) is 5.14. The molecule has 3 N–H and O–H groups in total. The Labute approximate surface area is 107 Å². The molecular formula is C12H22N2O4. The Hall–Kier alpha value is -1.30. The molecule has 0 saturated carbocycles. The summed E-state index contributed by atoms with van der Waals surface area (Å²) in [5.41, 5.74) is 4.62. The summed E-state index contributed by atoms with van der Waals surface area (Å²) in [4.78, 5) is 24.1. The highest BCUT2D eigenvalue weighted by Gasteiger charge is 2.37. The van der Waals surface area contributed by atoms with Crippen LogP contribution >= 0.6 is 0 Å². The van der Waals surface area contributed by atoms with E-state index in [1.807, 2.05) is 0 Å². The molecule has 1 aliphatic rings. The van der Waals surface area contributed by atoms with Crippen molar-refractivity contribution in [1.29, 1.82) is 0 Å². The minimum Gasteiger partial charge on any atom is -0.481 e. The minimum absolute atomic E-state index is 0.133. The Morgan fingerprint density at radius 3 is 2.56 bits per heavy atom. The fourth-order valence-electron chi connectivity index (χ4n) is 2.09. The lowest BCUT2D eigenvalue weighted by atomic mass is 9.87. The number of hydrogen-bond acceptors (Lipinski definition) is 4. The van der Waals surface area contributed by atoms with Crippen LogP contribution in [0, 0.1) is 0 Å². The molecule has 1 atom stereocenters. The third-order valence-corrected chi connectivity index (χ3v) is 2.76. The van der Waals surface area contributed by atoms with Crippen LogP contribution in [0.2, 0.25) is 0 Å². The zero-order valence-corrected chi connectivity index (χ0v) is 11.2. The minimum atomic E-state index is -0.941. The highest BCUT2D eigenvalue weighted by atomic mass is 16.6. The van der Waals surface area contributed by atoms with Gasteiger partial charge in [-0.3, -0.25) is 4.79 Å². The number of nitrogens with zero attached hydrogens (tertiary/aromatic N) is 1. The van der Waals surface area contributed by atoms with Gasteiger partial charge in [-0.15, -0.1) is 0 Å². The first kappa shape index (κ1) is 14.8. The summed E-state index contributed by atoms with van der Waals surface area (Å²) in [6.45, 7) is 6.17. The zero-order valence-electron chi connectivity index (χ0n) is 11.2. The van der Waals surface area contributed by atoms with E-state index in [0.717, 1.165) is 0 Å². The molecular weight excluding hydrogens is 236 g/mol. The van der Waals surface area contributed by atoms with Crippen molar-refractivity contribution in [3.8, 4) is 0 Å². The van der Waals surface area contributed by atoms with E-state index in [1.165, 1.54) is 4.90 Å². The highest BCUT2D eigenvalue weighted by Crippen LogP contribution is 2.23. The number of carbonyl (C=O) groups is 2. The molecule has 1 aliphatic heterocycles. The first-order chi connectivity index (χ1) is 8.11. The number of hydrogen-bond donors (Lipinski definition) is 2. The second-order valence-electron chi connectivity index (χ2n) is 5.94. The van der Waals surface area contributed by atoms with Gasteiger partial charge in [0, 0.05) is 18.6 Å². The van der Waals surface area contributed by atoms with Crippen LogP contribution in [0.3, 0.4) is 0 Å². The van der Waals surface area contributed by atoms with Gasteiger partial charge >= 0.3 is 12.1 Å². The van der Waals surface area contributed by atoms with E-state index >= 15 is 0 Å². The van der Waals surface area contributed by atoms with Crippen LogP contribution in [0.15, 0.2) is 0 Å². The molecule has 0 spiro atoms. The summed E-state index contributed by atoms with van der Waals surface area (Å²) in [5.74, 6) is -0.941. The van der Waals surface area contributed by atoms with Gasteiger partial charge in [0.1, 0.15) is 5.60 Å². The standard InChI is InChI=1S/C12H22N2O4/c1-11(2,3)18-10(17)14-6-4-5-12(13,8-14)7-9(15)16/h4-8,13H2,1-3H3,(H,15,16). The van der Waals surface area contributed by atoms with E-state index in [0.29, 0.717) is 19.4 Å². The van der Waals surface area contributed by atoms with Crippen LogP contribution in [-0.4, -0.2) is 46.3 Å². The molecule has 0 radical (unpaired) electrons. The van der Waals surface area contributed by atoms with Crippen molar-refractivity contribution in [2.75, 3.05) is 13.1 Å². The van der Waals surface area contributed by atoms with Crippen molar-refractivity contribution in [2.45, 2.75) is 51.2 Å². The van der Waals surface area contributed by atoms with Crippen molar-refractivity contribution >= 4 is 12.1 Å². The second-order valence-corrected chi connectivity index (χ2v) is 5.94. The summed E-state index contributed by atoms with van der Waals surface area (Å²) in [5, 5.41) is 8.83. The third-order valence-electron chi connectivity index (χ3n) is 2.76. The average Bonchev–Trinajstić information content (AvgIpc) is 2.12. The fourth-order valence-corrected chi connectivity index (χ4v) is 2.09. The monoisotopic (exact) mass is 258 g/mol. The molecule has 0 aromatic carbocycles. The Morgan fingerprint density at radius 1 is 1.44 bits per heavy atom. The third kappa shape index (κ3) is 4.52. The molecule has 1 heterocycles. The van der Waals surface area contributed by atoms with Gasteiger partial charge in [0.2, 0.25) is 0 Å². The van der Waals surface area contributed by atoms with Gasteiger partial charge in [0.25, 0.3) is 0 Å². The van der Waals surface area contributed by atoms with Gasteiger partial charge in [-0.1, -0.05) is 0 Å². The van der Waals surface area contributed by atoms with E-state index in [-0.39, 0.29) is 13.0 Å².